The van der Waals surface area contributed by atoms with Crippen LogP contribution < -0.4 is 0 Å². The van der Waals surface area contributed by atoms with E-state index in [9.17, 15) is 0 Å². The van der Waals surface area contributed by atoms with Gasteiger partial charge in [0.25, 0.3) is 0 Å². The molecule has 2 atom stereocenters. The molecule has 0 aromatic heterocycles. The van der Waals surface area contributed by atoms with E-state index in [1.54, 1.807) is 42.7 Å². The fourth-order valence-electron chi connectivity index (χ4n) is 4.02. The third-order valence-electron chi connectivity index (χ3n) is 5.07. The Morgan fingerprint density at radius 1 is 0.640 bits per heavy atom. The van der Waals surface area contributed by atoms with Crippen LogP contribution in [0.2, 0.25) is 36.3 Å². The first-order valence-corrected chi connectivity index (χ1v) is 16.3. The monoisotopic (exact) mass is 428 g/mol. The summed E-state index contributed by atoms with van der Waals surface area (Å²) in [5, 5.41) is 0. The van der Waals surface area contributed by atoms with Gasteiger partial charge in [0.2, 0.25) is 9.76 Å². The molecule has 0 aromatic carbocycles. The van der Waals surface area contributed by atoms with E-state index in [0.29, 0.717) is 9.76 Å². The smallest absolute Gasteiger partial charge is 0.456 e. The van der Waals surface area contributed by atoms with Crippen molar-refractivity contribution in [3.8, 4) is 0 Å². The molecular formula is C14H36O7Si4. The van der Waals surface area contributed by atoms with Crippen molar-refractivity contribution in [2.45, 2.75) is 50.1 Å². The predicted molar refractivity (Wildman–Crippen MR) is 106 cm³/mol. The molecular weight excluding hydrogens is 392 g/mol. The van der Waals surface area contributed by atoms with Crippen molar-refractivity contribution >= 4 is 35.7 Å². The SMILES string of the molecule is CO[Si](OC)(OC)C(C)C(C(C)[Si](OC)(OC)OC)[Si](C)(C)O[Si]C. The first-order valence-electron chi connectivity index (χ1n) is 8.27. The molecule has 7 nitrogen and oxygen atoms in total. The molecule has 25 heavy (non-hydrogen) atoms. The van der Waals surface area contributed by atoms with Crippen LogP contribution in [0.1, 0.15) is 13.8 Å². The lowest BCUT2D eigenvalue weighted by Crippen LogP contribution is -2.58. The molecule has 0 aliphatic rings. The second-order valence-electron chi connectivity index (χ2n) is 6.44. The van der Waals surface area contributed by atoms with Crippen molar-refractivity contribution in [3.05, 3.63) is 0 Å². The maximum absolute atomic E-state index is 6.27. The average molecular weight is 429 g/mol. The Morgan fingerprint density at radius 2 is 0.920 bits per heavy atom. The summed E-state index contributed by atoms with van der Waals surface area (Å²) in [5.41, 5.74) is 0.0821. The minimum atomic E-state index is -2.89. The fourth-order valence-corrected chi connectivity index (χ4v) is 17.6. The van der Waals surface area contributed by atoms with Crippen LogP contribution >= 0.6 is 0 Å². The van der Waals surface area contributed by atoms with Gasteiger partial charge in [-0.1, -0.05) is 13.8 Å². The lowest BCUT2D eigenvalue weighted by molar-refractivity contribution is 0.0978. The molecule has 0 amide bonds. The zero-order valence-corrected chi connectivity index (χ0v) is 21.6. The maximum Gasteiger partial charge on any atom is 0.503 e. The van der Waals surface area contributed by atoms with Gasteiger partial charge in [-0.2, -0.15) is 0 Å². The molecule has 0 aliphatic heterocycles. The minimum Gasteiger partial charge on any atom is -0.456 e. The Balaban J connectivity index is 6.20. The van der Waals surface area contributed by atoms with Gasteiger partial charge in [-0.15, -0.1) is 0 Å². The van der Waals surface area contributed by atoms with E-state index < -0.39 is 25.9 Å². The number of hydrogen-bond acceptors (Lipinski definition) is 7. The van der Waals surface area contributed by atoms with Crippen LogP contribution in [-0.4, -0.2) is 78.3 Å². The lowest BCUT2D eigenvalue weighted by Gasteiger charge is -2.47. The highest BCUT2D eigenvalue weighted by Crippen LogP contribution is 2.52. The highest BCUT2D eigenvalue weighted by molar-refractivity contribution is 6.80. The van der Waals surface area contributed by atoms with Crippen molar-refractivity contribution in [1.82, 2.24) is 0 Å². The molecule has 0 bridgehead atoms. The highest BCUT2D eigenvalue weighted by Gasteiger charge is 2.60. The summed E-state index contributed by atoms with van der Waals surface area (Å²) in [6.07, 6.45) is 0. The zero-order chi connectivity index (χ0) is 19.9. The second-order valence-corrected chi connectivity index (χ2v) is 18.2. The summed E-state index contributed by atoms with van der Waals surface area (Å²) >= 11 is 0. The Labute approximate surface area is 159 Å². The summed E-state index contributed by atoms with van der Waals surface area (Å²) in [7, 11) is 2.30. The lowest BCUT2D eigenvalue weighted by atomic mass is 10.2. The van der Waals surface area contributed by atoms with E-state index in [2.05, 4.69) is 26.9 Å². The Bertz CT molecular complexity index is 336. The van der Waals surface area contributed by atoms with Gasteiger partial charge in [-0.05, 0) is 25.2 Å². The van der Waals surface area contributed by atoms with E-state index in [0.717, 1.165) is 0 Å². The van der Waals surface area contributed by atoms with Gasteiger partial charge in [0.1, 0.15) is 0 Å². The van der Waals surface area contributed by atoms with E-state index >= 15 is 0 Å². The third-order valence-corrected chi connectivity index (χ3v) is 17.6. The van der Waals surface area contributed by atoms with Crippen molar-refractivity contribution in [2.75, 3.05) is 42.7 Å². The van der Waals surface area contributed by atoms with Crippen molar-refractivity contribution < 1.29 is 30.7 Å². The topological polar surface area (TPSA) is 64.6 Å². The molecule has 0 aliphatic carbocycles. The maximum atomic E-state index is 6.27. The predicted octanol–water partition coefficient (Wildman–Crippen LogP) is 2.78. The average Bonchev–Trinajstić information content (AvgIpc) is 2.59. The van der Waals surface area contributed by atoms with Gasteiger partial charge in [-0.3, -0.25) is 0 Å². The van der Waals surface area contributed by atoms with E-state index in [-0.39, 0.29) is 16.6 Å². The van der Waals surface area contributed by atoms with Gasteiger partial charge >= 0.3 is 17.6 Å². The Kier molecular flexibility index (Phi) is 11.1. The Morgan fingerprint density at radius 3 is 1.12 bits per heavy atom. The summed E-state index contributed by atoms with van der Waals surface area (Å²) in [6.45, 7) is 10.7. The molecule has 0 fully saturated rings. The van der Waals surface area contributed by atoms with Gasteiger partial charge in [0.05, 0.1) is 0 Å². The molecule has 0 saturated carbocycles. The zero-order valence-electron chi connectivity index (χ0n) is 17.6. The van der Waals surface area contributed by atoms with Crippen LogP contribution in [0.5, 0.6) is 0 Å². The van der Waals surface area contributed by atoms with Gasteiger partial charge in [0, 0.05) is 53.7 Å². The molecule has 0 aromatic rings. The first kappa shape index (κ1) is 25.6. The van der Waals surface area contributed by atoms with E-state index in [1.807, 2.05) is 6.55 Å². The third kappa shape index (κ3) is 5.31. The van der Waals surface area contributed by atoms with Gasteiger partial charge in [0.15, 0.2) is 8.32 Å². The molecule has 2 unspecified atom stereocenters. The molecule has 150 valence electrons. The molecule has 0 saturated heterocycles. The van der Waals surface area contributed by atoms with Crippen molar-refractivity contribution in [1.29, 1.82) is 0 Å². The molecule has 0 rings (SSSR count). The summed E-state index contributed by atoms with van der Waals surface area (Å²) in [4.78, 5) is 0. The minimum absolute atomic E-state index is 0.00663. The van der Waals surface area contributed by atoms with Crippen molar-refractivity contribution in [2.24, 2.45) is 0 Å². The summed E-state index contributed by atoms with van der Waals surface area (Å²) in [5.74, 6) is 0. The molecule has 11 heteroatoms. The van der Waals surface area contributed by atoms with Crippen LogP contribution in [0.15, 0.2) is 0 Å². The van der Waals surface area contributed by atoms with E-state index in [1.165, 1.54) is 0 Å². The molecule has 0 spiro atoms. The van der Waals surface area contributed by atoms with Gasteiger partial charge < -0.3 is 30.7 Å². The van der Waals surface area contributed by atoms with Gasteiger partial charge in [-0.25, -0.2) is 0 Å². The normalized spacial score (nSPS) is 17.4. The Hall–Kier alpha value is 0.588. The molecule has 2 radical (unpaired) electrons. The van der Waals surface area contributed by atoms with Crippen molar-refractivity contribution in [3.63, 3.8) is 0 Å². The first-order chi connectivity index (χ1) is 11.6. The van der Waals surface area contributed by atoms with E-state index in [4.69, 9.17) is 30.7 Å². The fraction of sp³-hybridized carbons (Fsp3) is 1.00. The summed E-state index contributed by atoms with van der Waals surface area (Å²) < 4.78 is 40.9. The molecule has 0 N–H and O–H groups in total. The highest BCUT2D eigenvalue weighted by atomic mass is 28.4. The summed E-state index contributed by atoms with van der Waals surface area (Å²) in [6, 6.07) is 0. The quantitative estimate of drug-likeness (QED) is 0.418. The standard InChI is InChI=1S/C14H36O7Si4/c1-12(24(15-3,16-4)17-5)14(23(10,11)21-22-9)13(2)25(18-6,19-7)20-8/h12-14H,1-11H3. The van der Waals surface area contributed by atoms with Crippen LogP contribution in [0.4, 0.5) is 0 Å². The van der Waals surface area contributed by atoms with Crippen LogP contribution in [0.3, 0.4) is 0 Å². The number of rotatable bonds is 13. The largest absolute Gasteiger partial charge is 0.503 e. The van der Waals surface area contributed by atoms with Crippen LogP contribution in [0.25, 0.3) is 0 Å². The number of hydrogen-bond donors (Lipinski definition) is 0. The van der Waals surface area contributed by atoms with Crippen LogP contribution in [-0.2, 0) is 30.7 Å². The van der Waals surface area contributed by atoms with Crippen LogP contribution in [0, 0.1) is 0 Å². The second kappa shape index (κ2) is 10.8. The molecule has 0 heterocycles.